The van der Waals surface area contributed by atoms with E-state index in [0.717, 1.165) is 17.8 Å². The Morgan fingerprint density at radius 3 is 2.30 bits per heavy atom. The Labute approximate surface area is 125 Å². The number of rotatable bonds is 4. The second kappa shape index (κ2) is 6.76. The van der Waals surface area contributed by atoms with Crippen molar-refractivity contribution in [2.45, 2.75) is 66.0 Å². The van der Waals surface area contributed by atoms with Crippen molar-refractivity contribution >= 4 is 0 Å². The van der Waals surface area contributed by atoms with Gasteiger partial charge in [-0.2, -0.15) is 0 Å². The van der Waals surface area contributed by atoms with Gasteiger partial charge < -0.3 is 5.32 Å². The van der Waals surface area contributed by atoms with E-state index in [1.165, 1.54) is 30.4 Å². The predicted molar refractivity (Wildman–Crippen MR) is 87.9 cm³/mol. The standard InChI is InChI=1S/C19H31N/c1-13(2)18-11-8-15(4)12-19(18)20-16(5)17-9-6-14(3)7-10-17/h6-7,9-10,13,15-16,18-20H,8,11-12H2,1-5H3. The van der Waals surface area contributed by atoms with Gasteiger partial charge in [-0.15, -0.1) is 0 Å². The third-order valence-electron chi connectivity index (χ3n) is 5.06. The first-order valence-electron chi connectivity index (χ1n) is 8.30. The monoisotopic (exact) mass is 273 g/mol. The first-order valence-corrected chi connectivity index (χ1v) is 8.30. The summed E-state index contributed by atoms with van der Waals surface area (Å²) in [5.74, 6) is 2.48. The van der Waals surface area contributed by atoms with E-state index in [2.05, 4.69) is 64.2 Å². The van der Waals surface area contributed by atoms with Crippen LogP contribution in [0.5, 0.6) is 0 Å². The van der Waals surface area contributed by atoms with Gasteiger partial charge in [0.2, 0.25) is 0 Å². The smallest absolute Gasteiger partial charge is 0.0294 e. The molecule has 0 heterocycles. The van der Waals surface area contributed by atoms with Crippen LogP contribution in [-0.4, -0.2) is 6.04 Å². The number of hydrogen-bond donors (Lipinski definition) is 1. The zero-order valence-electron chi connectivity index (χ0n) is 13.8. The third kappa shape index (κ3) is 3.85. The highest BCUT2D eigenvalue weighted by Crippen LogP contribution is 2.34. The molecule has 1 aromatic rings. The summed E-state index contributed by atoms with van der Waals surface area (Å²) in [7, 11) is 0. The van der Waals surface area contributed by atoms with Crippen LogP contribution in [-0.2, 0) is 0 Å². The van der Waals surface area contributed by atoms with Crippen LogP contribution in [0.25, 0.3) is 0 Å². The van der Waals surface area contributed by atoms with Crippen molar-refractivity contribution < 1.29 is 0 Å². The molecule has 1 aliphatic rings. The lowest BCUT2D eigenvalue weighted by molar-refractivity contribution is 0.161. The summed E-state index contributed by atoms with van der Waals surface area (Å²) in [6.45, 7) is 11.6. The zero-order valence-corrected chi connectivity index (χ0v) is 13.8. The minimum absolute atomic E-state index is 0.451. The molecule has 4 atom stereocenters. The van der Waals surface area contributed by atoms with E-state index in [1.54, 1.807) is 0 Å². The number of nitrogens with one attached hydrogen (secondary N) is 1. The Morgan fingerprint density at radius 2 is 1.70 bits per heavy atom. The molecule has 1 N–H and O–H groups in total. The molecule has 4 unspecified atom stereocenters. The molecule has 0 aliphatic heterocycles. The second-order valence-corrected chi connectivity index (χ2v) is 7.23. The van der Waals surface area contributed by atoms with Gasteiger partial charge >= 0.3 is 0 Å². The van der Waals surface area contributed by atoms with E-state index >= 15 is 0 Å². The highest BCUT2D eigenvalue weighted by atomic mass is 15.0. The van der Waals surface area contributed by atoms with Gasteiger partial charge in [-0.05, 0) is 50.0 Å². The van der Waals surface area contributed by atoms with Crippen LogP contribution >= 0.6 is 0 Å². The van der Waals surface area contributed by atoms with Crippen molar-refractivity contribution in [2.24, 2.45) is 17.8 Å². The maximum Gasteiger partial charge on any atom is 0.0294 e. The van der Waals surface area contributed by atoms with Crippen LogP contribution in [0.2, 0.25) is 0 Å². The molecule has 0 aromatic heterocycles. The highest BCUT2D eigenvalue weighted by molar-refractivity contribution is 5.23. The van der Waals surface area contributed by atoms with Gasteiger partial charge in [0.15, 0.2) is 0 Å². The first kappa shape index (κ1) is 15.6. The average molecular weight is 273 g/mol. The van der Waals surface area contributed by atoms with Crippen molar-refractivity contribution in [3.63, 3.8) is 0 Å². The van der Waals surface area contributed by atoms with Crippen LogP contribution in [0.1, 0.15) is 64.1 Å². The van der Waals surface area contributed by atoms with E-state index in [-0.39, 0.29) is 0 Å². The summed E-state index contributed by atoms with van der Waals surface area (Å²) in [6, 6.07) is 10.1. The molecule has 1 aliphatic carbocycles. The summed E-state index contributed by atoms with van der Waals surface area (Å²) >= 11 is 0. The van der Waals surface area contributed by atoms with Crippen molar-refractivity contribution in [3.05, 3.63) is 35.4 Å². The van der Waals surface area contributed by atoms with Crippen molar-refractivity contribution in [1.82, 2.24) is 5.32 Å². The molecule has 0 bridgehead atoms. The number of benzene rings is 1. The van der Waals surface area contributed by atoms with Gasteiger partial charge in [0.05, 0.1) is 0 Å². The Hall–Kier alpha value is -0.820. The van der Waals surface area contributed by atoms with Gasteiger partial charge in [-0.1, -0.05) is 57.0 Å². The molecule has 0 spiro atoms. The topological polar surface area (TPSA) is 12.0 Å². The quantitative estimate of drug-likeness (QED) is 0.804. The summed E-state index contributed by atoms with van der Waals surface area (Å²) in [5.41, 5.74) is 2.75. The van der Waals surface area contributed by atoms with Gasteiger partial charge in [0.25, 0.3) is 0 Å². The van der Waals surface area contributed by atoms with Crippen LogP contribution < -0.4 is 5.32 Å². The summed E-state index contributed by atoms with van der Waals surface area (Å²) in [4.78, 5) is 0. The molecule has 1 heteroatoms. The third-order valence-corrected chi connectivity index (χ3v) is 5.06. The number of hydrogen-bond acceptors (Lipinski definition) is 1. The largest absolute Gasteiger partial charge is 0.307 e. The molecule has 2 rings (SSSR count). The molecular formula is C19H31N. The van der Waals surface area contributed by atoms with Crippen LogP contribution in [0.3, 0.4) is 0 Å². The molecule has 20 heavy (non-hydrogen) atoms. The van der Waals surface area contributed by atoms with E-state index in [0.29, 0.717) is 12.1 Å². The van der Waals surface area contributed by atoms with E-state index in [4.69, 9.17) is 0 Å². The van der Waals surface area contributed by atoms with Gasteiger partial charge in [0.1, 0.15) is 0 Å². The molecule has 1 nitrogen and oxygen atoms in total. The molecule has 1 saturated carbocycles. The lowest BCUT2D eigenvalue weighted by Gasteiger charge is -2.39. The number of aryl methyl sites for hydroxylation is 1. The van der Waals surface area contributed by atoms with Gasteiger partial charge in [-0.25, -0.2) is 0 Å². The highest BCUT2D eigenvalue weighted by Gasteiger charge is 2.31. The summed E-state index contributed by atoms with van der Waals surface area (Å²) in [6.07, 6.45) is 4.12. The molecule has 1 aromatic carbocycles. The van der Waals surface area contributed by atoms with Crippen LogP contribution in [0.15, 0.2) is 24.3 Å². The van der Waals surface area contributed by atoms with Crippen molar-refractivity contribution in [3.8, 4) is 0 Å². The molecule has 0 amide bonds. The van der Waals surface area contributed by atoms with Crippen molar-refractivity contribution in [2.75, 3.05) is 0 Å². The lowest BCUT2D eigenvalue weighted by Crippen LogP contribution is -2.43. The Balaban J connectivity index is 2.03. The zero-order chi connectivity index (χ0) is 14.7. The predicted octanol–water partition coefficient (Wildman–Crippen LogP) is 5.11. The molecule has 0 saturated heterocycles. The maximum absolute atomic E-state index is 3.92. The summed E-state index contributed by atoms with van der Waals surface area (Å²) in [5, 5.41) is 3.92. The van der Waals surface area contributed by atoms with Crippen LogP contribution in [0, 0.1) is 24.7 Å². The minimum Gasteiger partial charge on any atom is -0.307 e. The SMILES string of the molecule is Cc1ccc(C(C)NC2CC(C)CCC2C(C)C)cc1. The van der Waals surface area contributed by atoms with Gasteiger partial charge in [-0.3, -0.25) is 0 Å². The second-order valence-electron chi connectivity index (χ2n) is 7.23. The van der Waals surface area contributed by atoms with Crippen LogP contribution in [0.4, 0.5) is 0 Å². The lowest BCUT2D eigenvalue weighted by atomic mass is 9.73. The fraction of sp³-hybridized carbons (Fsp3) is 0.684. The minimum atomic E-state index is 0.451. The van der Waals surface area contributed by atoms with E-state index in [9.17, 15) is 0 Å². The van der Waals surface area contributed by atoms with E-state index in [1.807, 2.05) is 0 Å². The Kier molecular flexibility index (Phi) is 5.26. The van der Waals surface area contributed by atoms with Gasteiger partial charge in [0, 0.05) is 12.1 Å². The Bertz CT molecular complexity index is 406. The summed E-state index contributed by atoms with van der Waals surface area (Å²) < 4.78 is 0. The molecule has 1 fully saturated rings. The molecule has 0 radical (unpaired) electrons. The fourth-order valence-corrected chi connectivity index (χ4v) is 3.67. The molecule has 112 valence electrons. The average Bonchev–Trinajstić information content (AvgIpc) is 2.39. The first-order chi connectivity index (χ1) is 9.47. The Morgan fingerprint density at radius 1 is 1.05 bits per heavy atom. The normalized spacial score (nSPS) is 28.6. The molecular weight excluding hydrogens is 242 g/mol. The van der Waals surface area contributed by atoms with E-state index < -0.39 is 0 Å². The maximum atomic E-state index is 3.92. The van der Waals surface area contributed by atoms with Crippen molar-refractivity contribution in [1.29, 1.82) is 0 Å². The fourth-order valence-electron chi connectivity index (χ4n) is 3.67.